The standard InChI is InChI=1S/C13H27NO/c1-4-9-14-13(5-2)11-7-6-8-12(10-11)15-3/h11-14H,4-10H2,1-3H3. The van der Waals surface area contributed by atoms with Gasteiger partial charge in [0, 0.05) is 13.2 Å². The maximum absolute atomic E-state index is 5.49. The molecule has 2 nitrogen and oxygen atoms in total. The Balaban J connectivity index is 2.37. The van der Waals surface area contributed by atoms with Crippen LogP contribution >= 0.6 is 0 Å². The van der Waals surface area contributed by atoms with Crippen LogP contribution in [-0.2, 0) is 4.74 Å². The van der Waals surface area contributed by atoms with Crippen LogP contribution in [0.2, 0.25) is 0 Å². The van der Waals surface area contributed by atoms with E-state index < -0.39 is 0 Å². The van der Waals surface area contributed by atoms with Crippen LogP contribution in [0.4, 0.5) is 0 Å². The molecule has 0 aromatic carbocycles. The van der Waals surface area contributed by atoms with Gasteiger partial charge in [-0.05, 0) is 44.6 Å². The lowest BCUT2D eigenvalue weighted by atomic mass is 9.81. The first kappa shape index (κ1) is 13.0. The van der Waals surface area contributed by atoms with E-state index >= 15 is 0 Å². The van der Waals surface area contributed by atoms with E-state index in [1.165, 1.54) is 38.5 Å². The van der Waals surface area contributed by atoms with Crippen molar-refractivity contribution in [2.24, 2.45) is 5.92 Å². The zero-order valence-electron chi connectivity index (χ0n) is 10.6. The van der Waals surface area contributed by atoms with Gasteiger partial charge in [0.1, 0.15) is 0 Å². The fraction of sp³-hybridized carbons (Fsp3) is 1.00. The summed E-state index contributed by atoms with van der Waals surface area (Å²) in [7, 11) is 1.85. The predicted octanol–water partition coefficient (Wildman–Crippen LogP) is 2.97. The van der Waals surface area contributed by atoms with E-state index in [1.807, 2.05) is 7.11 Å². The molecule has 1 fully saturated rings. The average molecular weight is 213 g/mol. The van der Waals surface area contributed by atoms with Gasteiger partial charge in [-0.2, -0.15) is 0 Å². The summed E-state index contributed by atoms with van der Waals surface area (Å²) >= 11 is 0. The normalized spacial score (nSPS) is 29.0. The Morgan fingerprint density at radius 3 is 2.73 bits per heavy atom. The highest BCUT2D eigenvalue weighted by Crippen LogP contribution is 2.29. The highest BCUT2D eigenvalue weighted by atomic mass is 16.5. The third-order valence-electron chi connectivity index (χ3n) is 3.67. The Kier molecular flexibility index (Phi) is 6.26. The smallest absolute Gasteiger partial charge is 0.0574 e. The molecular weight excluding hydrogens is 186 g/mol. The van der Waals surface area contributed by atoms with Crippen molar-refractivity contribution < 1.29 is 4.74 Å². The summed E-state index contributed by atoms with van der Waals surface area (Å²) in [4.78, 5) is 0. The van der Waals surface area contributed by atoms with Crippen LogP contribution in [0.15, 0.2) is 0 Å². The molecule has 0 aromatic heterocycles. The molecule has 0 radical (unpaired) electrons. The van der Waals surface area contributed by atoms with Gasteiger partial charge in [-0.15, -0.1) is 0 Å². The minimum atomic E-state index is 0.515. The first-order valence-corrected chi connectivity index (χ1v) is 6.57. The zero-order valence-corrected chi connectivity index (χ0v) is 10.6. The lowest BCUT2D eigenvalue weighted by Gasteiger charge is -2.34. The van der Waals surface area contributed by atoms with Crippen molar-refractivity contribution in [2.45, 2.75) is 64.5 Å². The van der Waals surface area contributed by atoms with Crippen LogP contribution in [-0.4, -0.2) is 25.8 Å². The monoisotopic (exact) mass is 213 g/mol. The maximum Gasteiger partial charge on any atom is 0.0574 e. The summed E-state index contributed by atoms with van der Waals surface area (Å²) in [5.41, 5.74) is 0. The SMILES string of the molecule is CCCNC(CC)C1CCCC(OC)C1. The van der Waals surface area contributed by atoms with Crippen LogP contribution < -0.4 is 5.32 Å². The number of rotatable bonds is 6. The highest BCUT2D eigenvalue weighted by molar-refractivity contribution is 4.82. The van der Waals surface area contributed by atoms with Crippen LogP contribution in [0, 0.1) is 5.92 Å². The third kappa shape index (κ3) is 4.12. The lowest BCUT2D eigenvalue weighted by molar-refractivity contribution is 0.0417. The Bertz CT molecular complexity index is 161. The van der Waals surface area contributed by atoms with Crippen molar-refractivity contribution in [3.63, 3.8) is 0 Å². The quantitative estimate of drug-likeness (QED) is 0.732. The number of methoxy groups -OCH3 is 1. The molecule has 1 N–H and O–H groups in total. The summed E-state index contributed by atoms with van der Waals surface area (Å²) in [5.74, 6) is 0.834. The number of hydrogen-bond donors (Lipinski definition) is 1. The topological polar surface area (TPSA) is 21.3 Å². The molecule has 0 amide bonds. The van der Waals surface area contributed by atoms with Crippen molar-refractivity contribution in [1.29, 1.82) is 0 Å². The molecule has 2 heteroatoms. The zero-order chi connectivity index (χ0) is 11.1. The van der Waals surface area contributed by atoms with Gasteiger partial charge in [0.25, 0.3) is 0 Å². The average Bonchev–Trinajstić information content (AvgIpc) is 2.30. The van der Waals surface area contributed by atoms with Gasteiger partial charge < -0.3 is 10.1 Å². The van der Waals surface area contributed by atoms with Crippen molar-refractivity contribution in [2.75, 3.05) is 13.7 Å². The molecule has 90 valence electrons. The van der Waals surface area contributed by atoms with Crippen molar-refractivity contribution in [3.8, 4) is 0 Å². The maximum atomic E-state index is 5.49. The van der Waals surface area contributed by atoms with E-state index in [1.54, 1.807) is 0 Å². The number of nitrogens with one attached hydrogen (secondary N) is 1. The van der Waals surface area contributed by atoms with Crippen LogP contribution in [0.5, 0.6) is 0 Å². The summed E-state index contributed by atoms with van der Waals surface area (Å²) in [6, 6.07) is 0.711. The Hall–Kier alpha value is -0.0800. The van der Waals surface area contributed by atoms with Gasteiger partial charge in [0.15, 0.2) is 0 Å². The Labute approximate surface area is 94.8 Å². The molecule has 3 unspecified atom stereocenters. The van der Waals surface area contributed by atoms with Gasteiger partial charge in [0.2, 0.25) is 0 Å². The third-order valence-corrected chi connectivity index (χ3v) is 3.67. The van der Waals surface area contributed by atoms with Crippen molar-refractivity contribution >= 4 is 0 Å². The molecule has 15 heavy (non-hydrogen) atoms. The minimum absolute atomic E-state index is 0.515. The molecule has 0 heterocycles. The lowest BCUT2D eigenvalue weighted by Crippen LogP contribution is -2.39. The van der Waals surface area contributed by atoms with Crippen LogP contribution in [0.1, 0.15) is 52.4 Å². The Morgan fingerprint density at radius 2 is 2.13 bits per heavy atom. The molecule has 0 bridgehead atoms. The molecule has 3 atom stereocenters. The van der Waals surface area contributed by atoms with Crippen molar-refractivity contribution in [1.82, 2.24) is 5.32 Å². The highest BCUT2D eigenvalue weighted by Gasteiger charge is 2.26. The Morgan fingerprint density at radius 1 is 1.33 bits per heavy atom. The molecular formula is C13H27NO. The second-order valence-corrected chi connectivity index (χ2v) is 4.75. The van der Waals surface area contributed by atoms with Gasteiger partial charge in [-0.3, -0.25) is 0 Å². The number of ether oxygens (including phenoxy) is 1. The molecule has 0 spiro atoms. The van der Waals surface area contributed by atoms with E-state index in [0.717, 1.165) is 12.5 Å². The first-order chi connectivity index (χ1) is 7.31. The second kappa shape index (κ2) is 7.24. The molecule has 0 aliphatic heterocycles. The second-order valence-electron chi connectivity index (χ2n) is 4.75. The van der Waals surface area contributed by atoms with Crippen LogP contribution in [0.25, 0.3) is 0 Å². The minimum Gasteiger partial charge on any atom is -0.381 e. The van der Waals surface area contributed by atoms with E-state index in [0.29, 0.717) is 12.1 Å². The fourth-order valence-electron chi connectivity index (χ4n) is 2.73. The molecule has 0 aromatic rings. The number of hydrogen-bond acceptors (Lipinski definition) is 2. The van der Waals surface area contributed by atoms with Crippen LogP contribution in [0.3, 0.4) is 0 Å². The molecule has 1 saturated carbocycles. The molecule has 1 aliphatic carbocycles. The van der Waals surface area contributed by atoms with Gasteiger partial charge in [-0.1, -0.05) is 20.3 Å². The molecule has 1 rings (SSSR count). The van der Waals surface area contributed by atoms with Gasteiger partial charge in [-0.25, -0.2) is 0 Å². The largest absolute Gasteiger partial charge is 0.381 e. The predicted molar refractivity (Wildman–Crippen MR) is 65.1 cm³/mol. The van der Waals surface area contributed by atoms with Gasteiger partial charge >= 0.3 is 0 Å². The first-order valence-electron chi connectivity index (χ1n) is 6.57. The van der Waals surface area contributed by atoms with Gasteiger partial charge in [0.05, 0.1) is 6.10 Å². The summed E-state index contributed by atoms with van der Waals surface area (Å²) in [6.45, 7) is 5.69. The van der Waals surface area contributed by atoms with E-state index in [-0.39, 0.29) is 0 Å². The van der Waals surface area contributed by atoms with E-state index in [9.17, 15) is 0 Å². The fourth-order valence-corrected chi connectivity index (χ4v) is 2.73. The van der Waals surface area contributed by atoms with E-state index in [4.69, 9.17) is 4.74 Å². The van der Waals surface area contributed by atoms with Crippen molar-refractivity contribution in [3.05, 3.63) is 0 Å². The summed E-state index contributed by atoms with van der Waals surface area (Å²) in [5, 5.41) is 3.68. The van der Waals surface area contributed by atoms with E-state index in [2.05, 4.69) is 19.2 Å². The molecule has 0 saturated heterocycles. The summed E-state index contributed by atoms with van der Waals surface area (Å²) in [6.07, 6.45) is 8.24. The molecule has 1 aliphatic rings. The summed E-state index contributed by atoms with van der Waals surface area (Å²) < 4.78 is 5.49.